The van der Waals surface area contributed by atoms with E-state index < -0.39 is 11.6 Å². The van der Waals surface area contributed by atoms with E-state index >= 15 is 0 Å². The van der Waals surface area contributed by atoms with Crippen LogP contribution in [0.15, 0.2) is 23.2 Å². The van der Waals surface area contributed by atoms with Crippen molar-refractivity contribution < 1.29 is 13.5 Å². The van der Waals surface area contributed by atoms with E-state index in [9.17, 15) is 8.78 Å². The average Bonchev–Trinajstić information content (AvgIpc) is 3.37. The standard InChI is InChI=1S/C19H26F2N4O.HI/c1-22-19(24-17-9-14-3-5-18(17)26-14)23-10-12-6-7-25(11-12)13-2-4-15(20)16(21)8-13;/h2,4,8,12,14,17-18H,3,5-7,9-11H2,1H3,(H2,22,23,24);1H. The van der Waals surface area contributed by atoms with Gasteiger partial charge in [-0.2, -0.15) is 0 Å². The van der Waals surface area contributed by atoms with Gasteiger partial charge in [-0.15, -0.1) is 24.0 Å². The van der Waals surface area contributed by atoms with E-state index in [0.717, 1.165) is 50.5 Å². The molecule has 2 bridgehead atoms. The normalized spacial score (nSPS) is 29.7. The minimum absolute atomic E-state index is 0. The molecule has 0 saturated carbocycles. The van der Waals surface area contributed by atoms with Crippen molar-refractivity contribution in [1.82, 2.24) is 10.6 Å². The summed E-state index contributed by atoms with van der Waals surface area (Å²) in [6.07, 6.45) is 5.10. The maximum atomic E-state index is 13.4. The lowest BCUT2D eigenvalue weighted by Crippen LogP contribution is -2.48. The number of guanidine groups is 1. The summed E-state index contributed by atoms with van der Waals surface area (Å²) in [4.78, 5) is 6.43. The third-order valence-electron chi connectivity index (χ3n) is 5.76. The summed E-state index contributed by atoms with van der Waals surface area (Å²) >= 11 is 0. The van der Waals surface area contributed by atoms with Gasteiger partial charge in [-0.05, 0) is 43.7 Å². The van der Waals surface area contributed by atoms with Crippen LogP contribution in [0.25, 0.3) is 0 Å². The van der Waals surface area contributed by atoms with Crippen molar-refractivity contribution in [2.24, 2.45) is 10.9 Å². The molecule has 3 saturated heterocycles. The Labute approximate surface area is 176 Å². The van der Waals surface area contributed by atoms with Crippen LogP contribution in [0.5, 0.6) is 0 Å². The third-order valence-corrected chi connectivity index (χ3v) is 5.76. The second kappa shape index (κ2) is 8.89. The minimum atomic E-state index is -0.800. The van der Waals surface area contributed by atoms with Crippen molar-refractivity contribution in [3.63, 3.8) is 0 Å². The van der Waals surface area contributed by atoms with Crippen LogP contribution in [-0.4, -0.2) is 50.9 Å². The van der Waals surface area contributed by atoms with Gasteiger partial charge in [0.15, 0.2) is 17.6 Å². The number of hydrogen-bond donors (Lipinski definition) is 2. The molecule has 3 heterocycles. The highest BCUT2D eigenvalue weighted by atomic mass is 127. The van der Waals surface area contributed by atoms with E-state index in [1.54, 1.807) is 13.1 Å². The SMILES string of the molecule is CN=C(NCC1CCN(c2ccc(F)c(F)c2)C1)NC1CC2CCC1O2.I. The smallest absolute Gasteiger partial charge is 0.191 e. The first-order chi connectivity index (χ1) is 12.6. The van der Waals surface area contributed by atoms with Gasteiger partial charge in [-0.1, -0.05) is 0 Å². The Morgan fingerprint density at radius 3 is 2.78 bits per heavy atom. The number of rotatable bonds is 4. The number of benzene rings is 1. The van der Waals surface area contributed by atoms with Gasteiger partial charge in [-0.25, -0.2) is 8.78 Å². The molecule has 0 aliphatic carbocycles. The van der Waals surface area contributed by atoms with Crippen molar-refractivity contribution in [3.8, 4) is 0 Å². The molecule has 4 rings (SSSR count). The van der Waals surface area contributed by atoms with Crippen LogP contribution in [0, 0.1) is 17.6 Å². The number of ether oxygens (including phenoxy) is 1. The summed E-state index contributed by atoms with van der Waals surface area (Å²) in [7, 11) is 1.78. The number of hydrogen-bond acceptors (Lipinski definition) is 3. The molecule has 27 heavy (non-hydrogen) atoms. The van der Waals surface area contributed by atoms with Crippen LogP contribution in [0.2, 0.25) is 0 Å². The van der Waals surface area contributed by atoms with Gasteiger partial charge >= 0.3 is 0 Å². The largest absolute Gasteiger partial charge is 0.373 e. The lowest BCUT2D eigenvalue weighted by Gasteiger charge is -2.23. The Kier molecular flexibility index (Phi) is 6.78. The van der Waals surface area contributed by atoms with E-state index in [-0.39, 0.29) is 24.0 Å². The van der Waals surface area contributed by atoms with Gasteiger partial charge in [-0.3, -0.25) is 4.99 Å². The van der Waals surface area contributed by atoms with Gasteiger partial charge in [0.25, 0.3) is 0 Å². The predicted octanol–water partition coefficient (Wildman–Crippen LogP) is 2.89. The van der Waals surface area contributed by atoms with Gasteiger partial charge < -0.3 is 20.3 Å². The van der Waals surface area contributed by atoms with Crippen LogP contribution in [-0.2, 0) is 4.74 Å². The molecular formula is C19H27F2IN4O. The van der Waals surface area contributed by atoms with Crippen molar-refractivity contribution in [1.29, 1.82) is 0 Å². The molecule has 0 amide bonds. The zero-order chi connectivity index (χ0) is 18.1. The highest BCUT2D eigenvalue weighted by Gasteiger charge is 2.41. The molecule has 3 aliphatic rings. The first-order valence-electron chi connectivity index (χ1n) is 9.45. The predicted molar refractivity (Wildman–Crippen MR) is 113 cm³/mol. The van der Waals surface area contributed by atoms with Crippen molar-refractivity contribution in [2.75, 3.05) is 31.6 Å². The minimum Gasteiger partial charge on any atom is -0.373 e. The Morgan fingerprint density at radius 1 is 1.26 bits per heavy atom. The first-order valence-corrected chi connectivity index (χ1v) is 9.45. The Morgan fingerprint density at radius 2 is 2.11 bits per heavy atom. The van der Waals surface area contributed by atoms with Crippen LogP contribution in [0.1, 0.15) is 25.7 Å². The summed E-state index contributed by atoms with van der Waals surface area (Å²) in [6, 6.07) is 4.46. The molecule has 0 aromatic heterocycles. The number of nitrogens with one attached hydrogen (secondary N) is 2. The fraction of sp³-hybridized carbons (Fsp3) is 0.632. The second-order valence-electron chi connectivity index (χ2n) is 7.51. The maximum absolute atomic E-state index is 13.4. The Balaban J connectivity index is 0.00000210. The fourth-order valence-corrected chi connectivity index (χ4v) is 4.32. The van der Waals surface area contributed by atoms with E-state index in [2.05, 4.69) is 20.5 Å². The van der Waals surface area contributed by atoms with E-state index in [1.807, 2.05) is 0 Å². The van der Waals surface area contributed by atoms with Crippen LogP contribution in [0.3, 0.4) is 0 Å². The molecule has 8 heteroatoms. The number of anilines is 1. The molecule has 2 N–H and O–H groups in total. The van der Waals surface area contributed by atoms with Crippen LogP contribution >= 0.6 is 24.0 Å². The molecule has 0 spiro atoms. The van der Waals surface area contributed by atoms with Gasteiger partial charge in [0.05, 0.1) is 18.2 Å². The highest BCUT2D eigenvalue weighted by molar-refractivity contribution is 14.0. The van der Waals surface area contributed by atoms with Gasteiger partial charge in [0, 0.05) is 38.4 Å². The number of halogens is 3. The Hall–Kier alpha value is -1.16. The molecule has 4 atom stereocenters. The molecule has 3 fully saturated rings. The monoisotopic (exact) mass is 492 g/mol. The summed E-state index contributed by atoms with van der Waals surface area (Å²) < 4.78 is 32.4. The third kappa shape index (κ3) is 4.64. The van der Waals surface area contributed by atoms with Crippen molar-refractivity contribution in [2.45, 2.75) is 43.9 Å². The van der Waals surface area contributed by atoms with Gasteiger partial charge in [0.2, 0.25) is 0 Å². The maximum Gasteiger partial charge on any atom is 0.191 e. The highest BCUT2D eigenvalue weighted by Crippen LogP contribution is 2.34. The van der Waals surface area contributed by atoms with E-state index in [1.165, 1.54) is 18.6 Å². The molecule has 4 unspecified atom stereocenters. The molecular weight excluding hydrogens is 465 g/mol. The number of aliphatic imine (C=N–C) groups is 1. The van der Waals surface area contributed by atoms with Crippen LogP contribution in [0.4, 0.5) is 14.5 Å². The summed E-state index contributed by atoms with van der Waals surface area (Å²) in [5, 5.41) is 6.90. The van der Waals surface area contributed by atoms with E-state index in [0.29, 0.717) is 24.2 Å². The van der Waals surface area contributed by atoms with Crippen molar-refractivity contribution in [3.05, 3.63) is 29.8 Å². The molecule has 1 aromatic carbocycles. The summed E-state index contributed by atoms with van der Waals surface area (Å²) in [5.41, 5.74) is 0.744. The molecule has 0 radical (unpaired) electrons. The zero-order valence-corrected chi connectivity index (χ0v) is 17.8. The summed E-state index contributed by atoms with van der Waals surface area (Å²) in [5.74, 6) is -0.331. The lowest BCUT2D eigenvalue weighted by molar-refractivity contribution is 0.0992. The van der Waals surface area contributed by atoms with Gasteiger partial charge in [0.1, 0.15) is 0 Å². The fourth-order valence-electron chi connectivity index (χ4n) is 4.32. The quantitative estimate of drug-likeness (QED) is 0.386. The second-order valence-corrected chi connectivity index (χ2v) is 7.51. The molecule has 3 aliphatic heterocycles. The van der Waals surface area contributed by atoms with E-state index in [4.69, 9.17) is 4.74 Å². The van der Waals surface area contributed by atoms with Crippen molar-refractivity contribution >= 4 is 35.6 Å². The molecule has 5 nitrogen and oxygen atoms in total. The Bertz CT molecular complexity index is 690. The topological polar surface area (TPSA) is 48.9 Å². The average molecular weight is 492 g/mol. The zero-order valence-electron chi connectivity index (χ0n) is 15.5. The number of nitrogens with zero attached hydrogens (tertiary/aromatic N) is 2. The molecule has 1 aromatic rings. The first kappa shape index (κ1) is 20.6. The van der Waals surface area contributed by atoms with Crippen LogP contribution < -0.4 is 15.5 Å². The molecule has 150 valence electrons. The number of fused-ring (bicyclic) bond motifs is 2. The summed E-state index contributed by atoms with van der Waals surface area (Å²) in [6.45, 7) is 2.48. The lowest BCUT2D eigenvalue weighted by atomic mass is 9.96.